The quantitative estimate of drug-likeness (QED) is 0.903. The number of anilines is 1. The molecular weight excluding hydrogens is 289 g/mol. The molecular formula is C13H13F3N2O3. The minimum absolute atomic E-state index is 0.161. The molecule has 1 saturated heterocycles. The van der Waals surface area contributed by atoms with E-state index >= 15 is 0 Å². The maximum Gasteiger partial charge on any atom is 0.418 e. The van der Waals surface area contributed by atoms with E-state index in [4.69, 9.17) is 5.11 Å². The van der Waals surface area contributed by atoms with E-state index in [9.17, 15) is 22.8 Å². The summed E-state index contributed by atoms with van der Waals surface area (Å²) in [7, 11) is 1.58. The Morgan fingerprint density at radius 3 is 2.48 bits per heavy atom. The number of hydrogen-bond acceptors (Lipinski definition) is 3. The SMILES string of the molecule is CN1CCN(c2ccc(C(=O)O)cc2C(F)(F)F)CC1=O. The number of aromatic carboxylic acids is 1. The standard InChI is InChI=1S/C13H13F3N2O3/c1-17-4-5-18(7-11(17)19)10-3-2-8(12(20)21)6-9(10)13(14,15)16/h2-3,6H,4-5,7H2,1H3,(H,20,21). The summed E-state index contributed by atoms with van der Waals surface area (Å²) in [5.74, 6) is -1.71. The van der Waals surface area contributed by atoms with Gasteiger partial charge in [0.2, 0.25) is 5.91 Å². The summed E-state index contributed by atoms with van der Waals surface area (Å²) in [6.07, 6.45) is -4.69. The number of benzene rings is 1. The van der Waals surface area contributed by atoms with E-state index in [2.05, 4.69) is 0 Å². The van der Waals surface area contributed by atoms with Crippen LogP contribution in [-0.4, -0.2) is 48.6 Å². The highest BCUT2D eigenvalue weighted by atomic mass is 19.4. The number of piperazine rings is 1. The van der Waals surface area contributed by atoms with Crippen molar-refractivity contribution in [3.8, 4) is 0 Å². The van der Waals surface area contributed by atoms with Crippen LogP contribution >= 0.6 is 0 Å². The lowest BCUT2D eigenvalue weighted by Crippen LogP contribution is -2.49. The van der Waals surface area contributed by atoms with Crippen LogP contribution in [-0.2, 0) is 11.0 Å². The molecule has 0 atom stereocenters. The van der Waals surface area contributed by atoms with Crippen LogP contribution in [0.4, 0.5) is 18.9 Å². The van der Waals surface area contributed by atoms with Crippen LogP contribution in [0.1, 0.15) is 15.9 Å². The van der Waals surface area contributed by atoms with Crippen molar-refractivity contribution < 1.29 is 27.9 Å². The molecule has 1 N–H and O–H groups in total. The zero-order valence-corrected chi connectivity index (χ0v) is 11.1. The molecule has 1 amide bonds. The molecule has 2 rings (SSSR count). The van der Waals surface area contributed by atoms with Crippen LogP contribution < -0.4 is 4.90 Å². The Labute approximate surface area is 118 Å². The number of likely N-dealkylation sites (N-methyl/N-ethyl adjacent to an activating group) is 1. The van der Waals surface area contributed by atoms with Crippen molar-refractivity contribution >= 4 is 17.6 Å². The Morgan fingerprint density at radius 1 is 1.29 bits per heavy atom. The fraction of sp³-hybridized carbons (Fsp3) is 0.385. The first kappa shape index (κ1) is 15.1. The Balaban J connectivity index is 2.43. The maximum absolute atomic E-state index is 13.1. The number of carboxylic acids is 1. The maximum atomic E-state index is 13.1. The van der Waals surface area contributed by atoms with E-state index in [1.807, 2.05) is 0 Å². The van der Waals surface area contributed by atoms with Gasteiger partial charge < -0.3 is 14.9 Å². The molecule has 1 fully saturated rings. The van der Waals surface area contributed by atoms with Crippen LogP contribution in [0.5, 0.6) is 0 Å². The minimum atomic E-state index is -4.69. The Bertz CT molecular complexity index is 587. The number of carboxylic acid groups (broad SMARTS) is 1. The summed E-state index contributed by atoms with van der Waals surface area (Å²) in [4.78, 5) is 25.2. The molecule has 0 saturated carbocycles. The van der Waals surface area contributed by atoms with Crippen molar-refractivity contribution in [2.45, 2.75) is 6.18 Å². The van der Waals surface area contributed by atoms with Gasteiger partial charge in [-0.25, -0.2) is 4.79 Å². The summed E-state index contributed by atoms with van der Waals surface area (Å²) >= 11 is 0. The zero-order valence-electron chi connectivity index (χ0n) is 11.1. The Morgan fingerprint density at radius 2 is 1.95 bits per heavy atom. The summed E-state index contributed by atoms with van der Waals surface area (Å²) < 4.78 is 39.3. The van der Waals surface area contributed by atoms with Gasteiger partial charge in [0.1, 0.15) is 0 Å². The largest absolute Gasteiger partial charge is 0.478 e. The molecule has 0 unspecified atom stereocenters. The number of halogens is 3. The first-order valence-electron chi connectivity index (χ1n) is 6.13. The molecule has 21 heavy (non-hydrogen) atoms. The molecule has 8 heteroatoms. The molecule has 0 spiro atoms. The van der Waals surface area contributed by atoms with Crippen LogP contribution in [0.15, 0.2) is 18.2 Å². The Hall–Kier alpha value is -2.25. The molecule has 1 aliphatic rings. The normalized spacial score (nSPS) is 16.3. The molecule has 0 aliphatic carbocycles. The van der Waals surface area contributed by atoms with Crippen molar-refractivity contribution in [1.82, 2.24) is 4.90 Å². The number of amides is 1. The average molecular weight is 302 g/mol. The monoisotopic (exact) mass is 302 g/mol. The number of nitrogens with zero attached hydrogens (tertiary/aromatic N) is 2. The number of alkyl halides is 3. The number of carbonyl (C=O) groups excluding carboxylic acids is 1. The van der Waals surface area contributed by atoms with E-state index < -0.39 is 23.3 Å². The van der Waals surface area contributed by atoms with Crippen molar-refractivity contribution in [1.29, 1.82) is 0 Å². The Kier molecular flexibility index (Phi) is 3.80. The molecule has 1 aliphatic heterocycles. The van der Waals surface area contributed by atoms with Gasteiger partial charge in [-0.15, -0.1) is 0 Å². The second-order valence-electron chi connectivity index (χ2n) is 4.77. The van der Waals surface area contributed by atoms with E-state index in [1.54, 1.807) is 7.05 Å². The van der Waals surface area contributed by atoms with Gasteiger partial charge in [0.15, 0.2) is 0 Å². The molecule has 0 aromatic heterocycles. The summed E-state index contributed by atoms with van der Waals surface area (Å²) in [6.45, 7) is 0.417. The van der Waals surface area contributed by atoms with Gasteiger partial charge in [-0.05, 0) is 18.2 Å². The fourth-order valence-electron chi connectivity index (χ4n) is 2.14. The third-order valence-corrected chi connectivity index (χ3v) is 3.35. The zero-order chi connectivity index (χ0) is 15.8. The highest BCUT2D eigenvalue weighted by molar-refractivity contribution is 5.89. The van der Waals surface area contributed by atoms with Gasteiger partial charge in [0.25, 0.3) is 0 Å². The van der Waals surface area contributed by atoms with Crippen molar-refractivity contribution in [2.24, 2.45) is 0 Å². The van der Waals surface area contributed by atoms with Gasteiger partial charge in [0, 0.05) is 25.8 Å². The molecule has 1 aromatic carbocycles. The third kappa shape index (κ3) is 3.09. The lowest BCUT2D eigenvalue weighted by atomic mass is 10.1. The van der Waals surface area contributed by atoms with E-state index in [0.717, 1.165) is 12.1 Å². The van der Waals surface area contributed by atoms with Crippen molar-refractivity contribution in [2.75, 3.05) is 31.6 Å². The summed E-state index contributed by atoms with van der Waals surface area (Å²) in [5, 5.41) is 8.81. The van der Waals surface area contributed by atoms with Crippen LogP contribution in [0.2, 0.25) is 0 Å². The highest BCUT2D eigenvalue weighted by Gasteiger charge is 2.36. The molecule has 5 nitrogen and oxygen atoms in total. The summed E-state index contributed by atoms with van der Waals surface area (Å²) in [5.41, 5.74) is -1.65. The second kappa shape index (κ2) is 5.27. The minimum Gasteiger partial charge on any atom is -0.478 e. The van der Waals surface area contributed by atoms with Crippen LogP contribution in [0.25, 0.3) is 0 Å². The lowest BCUT2D eigenvalue weighted by molar-refractivity contribution is -0.137. The van der Waals surface area contributed by atoms with Gasteiger partial charge in [-0.2, -0.15) is 13.2 Å². The topological polar surface area (TPSA) is 60.9 Å². The van der Waals surface area contributed by atoms with Gasteiger partial charge in [-0.1, -0.05) is 0 Å². The predicted molar refractivity (Wildman–Crippen MR) is 68.3 cm³/mol. The summed E-state index contributed by atoms with van der Waals surface area (Å²) in [6, 6.07) is 2.81. The molecule has 1 heterocycles. The van der Waals surface area contributed by atoms with Crippen molar-refractivity contribution in [3.63, 3.8) is 0 Å². The number of rotatable bonds is 2. The molecule has 114 valence electrons. The van der Waals surface area contributed by atoms with Gasteiger partial charge >= 0.3 is 12.1 Å². The van der Waals surface area contributed by atoms with E-state index in [1.165, 1.54) is 9.80 Å². The third-order valence-electron chi connectivity index (χ3n) is 3.35. The molecule has 0 radical (unpaired) electrons. The van der Waals surface area contributed by atoms with Gasteiger partial charge in [-0.3, -0.25) is 4.79 Å². The smallest absolute Gasteiger partial charge is 0.418 e. The lowest BCUT2D eigenvalue weighted by Gasteiger charge is -2.34. The fourth-order valence-corrected chi connectivity index (χ4v) is 2.14. The molecule has 1 aromatic rings. The van der Waals surface area contributed by atoms with E-state index in [0.29, 0.717) is 12.6 Å². The second-order valence-corrected chi connectivity index (χ2v) is 4.77. The van der Waals surface area contributed by atoms with E-state index in [-0.39, 0.29) is 24.7 Å². The van der Waals surface area contributed by atoms with Gasteiger partial charge in [0.05, 0.1) is 17.7 Å². The predicted octanol–water partition coefficient (Wildman–Crippen LogP) is 1.68. The van der Waals surface area contributed by atoms with Crippen LogP contribution in [0, 0.1) is 0 Å². The van der Waals surface area contributed by atoms with Crippen molar-refractivity contribution in [3.05, 3.63) is 29.3 Å². The average Bonchev–Trinajstić information content (AvgIpc) is 2.40. The first-order chi connectivity index (χ1) is 9.70. The first-order valence-corrected chi connectivity index (χ1v) is 6.13. The highest BCUT2D eigenvalue weighted by Crippen LogP contribution is 2.37. The number of hydrogen-bond donors (Lipinski definition) is 1. The van der Waals surface area contributed by atoms with Crippen LogP contribution in [0.3, 0.4) is 0 Å². The molecule has 0 bridgehead atoms. The number of carbonyl (C=O) groups is 2.